The number of aliphatic hydroxyl groups excluding tert-OH is 1. The Bertz CT molecular complexity index is 1070. The lowest BCUT2D eigenvalue weighted by molar-refractivity contribution is -0.149. The zero-order chi connectivity index (χ0) is 27.0. The van der Waals surface area contributed by atoms with E-state index in [0.29, 0.717) is 0 Å². The van der Waals surface area contributed by atoms with Crippen molar-refractivity contribution in [1.29, 1.82) is 0 Å². The van der Waals surface area contributed by atoms with Gasteiger partial charge >= 0.3 is 13.7 Å². The summed E-state index contributed by atoms with van der Waals surface area (Å²) in [5.74, 6) is -0.907. The van der Waals surface area contributed by atoms with Gasteiger partial charge in [0.1, 0.15) is 24.0 Å². The van der Waals surface area contributed by atoms with E-state index >= 15 is 4.39 Å². The molecule has 4 rings (SSSR count). The minimum absolute atomic E-state index is 0.188. The molecule has 3 unspecified atom stereocenters. The second-order valence-electron chi connectivity index (χ2n) is 9.38. The van der Waals surface area contributed by atoms with Crippen LogP contribution in [0.2, 0.25) is 0 Å². The highest BCUT2D eigenvalue weighted by molar-refractivity contribution is 7.52. The van der Waals surface area contributed by atoms with Crippen molar-refractivity contribution in [2.45, 2.75) is 76.4 Å². The molecule has 0 radical (unpaired) electrons. The van der Waals surface area contributed by atoms with Gasteiger partial charge in [-0.05, 0) is 39.8 Å². The second kappa shape index (κ2) is 10.7. The van der Waals surface area contributed by atoms with Gasteiger partial charge in [0.25, 0.3) is 0 Å². The minimum Gasteiger partial charge on any atom is -0.462 e. The first kappa shape index (κ1) is 27.5. The molecule has 3 aliphatic rings. The SMILES string of the molecule is CC(C)OC(=O)[C@@H](C)N[P@@](=O)(OC[C@H]1OC(N2C=CC(=O)NC3OC32)[C@](C)(F)[C@@H]1O)Oc1ccccc1. The summed E-state index contributed by atoms with van der Waals surface area (Å²) in [5, 5.41) is 15.8. The summed E-state index contributed by atoms with van der Waals surface area (Å²) < 4.78 is 56.7. The summed E-state index contributed by atoms with van der Waals surface area (Å²) in [5.41, 5.74) is -2.31. The van der Waals surface area contributed by atoms with E-state index in [1.54, 1.807) is 32.0 Å². The Labute approximate surface area is 213 Å². The van der Waals surface area contributed by atoms with Crippen molar-refractivity contribution in [2.24, 2.45) is 0 Å². The highest BCUT2D eigenvalue weighted by Gasteiger charge is 2.60. The highest BCUT2D eigenvalue weighted by Crippen LogP contribution is 2.47. The van der Waals surface area contributed by atoms with Gasteiger partial charge in [0.15, 0.2) is 24.4 Å². The van der Waals surface area contributed by atoms with Crippen LogP contribution in [0.25, 0.3) is 0 Å². The number of halogens is 1. The monoisotopic (exact) mass is 543 g/mol. The van der Waals surface area contributed by atoms with Crippen LogP contribution in [0, 0.1) is 0 Å². The predicted molar refractivity (Wildman–Crippen MR) is 126 cm³/mol. The quantitative estimate of drug-likeness (QED) is 0.224. The first-order chi connectivity index (χ1) is 17.4. The molecule has 3 N–H and O–H groups in total. The molecule has 12 nitrogen and oxygen atoms in total. The van der Waals surface area contributed by atoms with E-state index in [-0.39, 0.29) is 5.75 Å². The fourth-order valence-corrected chi connectivity index (χ4v) is 5.46. The van der Waals surface area contributed by atoms with E-state index in [9.17, 15) is 19.3 Å². The zero-order valence-electron chi connectivity index (χ0n) is 20.8. The minimum atomic E-state index is -4.26. The molecule has 37 heavy (non-hydrogen) atoms. The summed E-state index contributed by atoms with van der Waals surface area (Å²) in [4.78, 5) is 25.4. The van der Waals surface area contributed by atoms with E-state index < -0.39 is 74.9 Å². The zero-order valence-corrected chi connectivity index (χ0v) is 21.7. The van der Waals surface area contributed by atoms with Gasteiger partial charge in [-0.2, -0.15) is 5.09 Å². The number of fused-ring (bicyclic) bond motifs is 1. The number of nitrogens with zero attached hydrogens (tertiary/aromatic N) is 1. The number of epoxide rings is 1. The van der Waals surface area contributed by atoms with Crippen LogP contribution in [0.3, 0.4) is 0 Å². The third-order valence-electron chi connectivity index (χ3n) is 5.87. The number of carbonyl (C=O) groups excluding carboxylic acids is 2. The third kappa shape index (κ3) is 6.31. The van der Waals surface area contributed by atoms with Gasteiger partial charge in [0.2, 0.25) is 5.91 Å². The molecule has 3 aliphatic heterocycles. The van der Waals surface area contributed by atoms with Crippen LogP contribution in [0.15, 0.2) is 42.6 Å². The Hall–Kier alpha value is -2.54. The van der Waals surface area contributed by atoms with E-state index in [4.69, 9.17) is 23.3 Å². The molecule has 0 saturated carbocycles. The second-order valence-corrected chi connectivity index (χ2v) is 11.1. The Morgan fingerprint density at radius 1 is 1.30 bits per heavy atom. The van der Waals surface area contributed by atoms with Gasteiger partial charge in [0, 0.05) is 12.3 Å². The third-order valence-corrected chi connectivity index (χ3v) is 7.51. The average Bonchev–Trinajstić information content (AvgIpc) is 3.55. The summed E-state index contributed by atoms with van der Waals surface area (Å²) in [6.07, 6.45) is -3.47. The molecule has 8 atom stereocenters. The van der Waals surface area contributed by atoms with Crippen LogP contribution in [0.1, 0.15) is 27.7 Å². The van der Waals surface area contributed by atoms with Gasteiger partial charge in [-0.3, -0.25) is 14.1 Å². The molecule has 3 heterocycles. The standard InChI is InChI=1S/C23H31FN3O9P/c1-13(2)33-21(30)14(3)26-37(31,36-15-8-6-5-7-9-15)32-12-16-18(29)23(4,24)22(34-16)27-11-10-17(28)25-19-20(27)35-19/h5-11,13-14,16,18-20,22,29H,12H2,1-4H3,(H,25,28)(H,26,31)/t14-,16-,18-,19?,20?,22?,23-,37-/m1/s1. The van der Waals surface area contributed by atoms with E-state index in [1.807, 2.05) is 0 Å². The first-order valence-electron chi connectivity index (χ1n) is 11.8. The number of benzene rings is 1. The average molecular weight is 543 g/mol. The van der Waals surface area contributed by atoms with Crippen LogP contribution in [0.4, 0.5) is 4.39 Å². The maximum Gasteiger partial charge on any atom is 0.459 e. The number of nitrogens with one attached hydrogen (secondary N) is 2. The van der Waals surface area contributed by atoms with Crippen molar-refractivity contribution in [3.63, 3.8) is 0 Å². The lowest BCUT2D eigenvalue weighted by Gasteiger charge is -2.31. The molecule has 0 aliphatic carbocycles. The van der Waals surface area contributed by atoms with E-state index in [1.165, 1.54) is 36.2 Å². The van der Waals surface area contributed by atoms with Crippen molar-refractivity contribution in [3.8, 4) is 5.75 Å². The summed E-state index contributed by atoms with van der Waals surface area (Å²) in [6.45, 7) is 5.37. The fourth-order valence-electron chi connectivity index (χ4n) is 3.96. The molecule has 1 amide bonds. The molecule has 0 spiro atoms. The van der Waals surface area contributed by atoms with Crippen LogP contribution >= 0.6 is 7.75 Å². The smallest absolute Gasteiger partial charge is 0.459 e. The van der Waals surface area contributed by atoms with Crippen molar-refractivity contribution in [2.75, 3.05) is 6.61 Å². The molecule has 204 valence electrons. The number of rotatable bonds is 10. The molecule has 2 fully saturated rings. The lowest BCUT2D eigenvalue weighted by atomic mass is 9.98. The van der Waals surface area contributed by atoms with Gasteiger partial charge in [-0.1, -0.05) is 18.2 Å². The van der Waals surface area contributed by atoms with Gasteiger partial charge < -0.3 is 34.1 Å². The lowest BCUT2D eigenvalue weighted by Crippen LogP contribution is -2.49. The molecule has 14 heteroatoms. The van der Waals surface area contributed by atoms with Gasteiger partial charge in [0.05, 0.1) is 12.7 Å². The maximum atomic E-state index is 15.7. The largest absolute Gasteiger partial charge is 0.462 e. The van der Waals surface area contributed by atoms with Crippen LogP contribution in [-0.2, 0) is 32.9 Å². The first-order valence-corrected chi connectivity index (χ1v) is 13.4. The summed E-state index contributed by atoms with van der Waals surface area (Å²) >= 11 is 0. The number of alkyl halides is 1. The Balaban J connectivity index is 1.48. The topological polar surface area (TPSA) is 148 Å². The number of aliphatic hydroxyl groups is 1. The molecule has 0 aromatic heterocycles. The highest BCUT2D eigenvalue weighted by atomic mass is 31.2. The van der Waals surface area contributed by atoms with Crippen molar-refractivity contribution < 1.29 is 46.9 Å². The maximum absolute atomic E-state index is 15.7. The van der Waals surface area contributed by atoms with Gasteiger partial charge in [-0.25, -0.2) is 8.96 Å². The van der Waals surface area contributed by atoms with Crippen LogP contribution < -0.4 is 14.9 Å². The molecular weight excluding hydrogens is 512 g/mol. The number of ether oxygens (including phenoxy) is 3. The van der Waals surface area contributed by atoms with E-state index in [0.717, 1.165) is 6.92 Å². The molecule has 1 aromatic rings. The Kier molecular flexibility index (Phi) is 7.93. The summed E-state index contributed by atoms with van der Waals surface area (Å²) in [6, 6.07) is 7.03. The number of esters is 1. The number of para-hydroxylation sites is 1. The van der Waals surface area contributed by atoms with Crippen LogP contribution in [0.5, 0.6) is 5.75 Å². The molecular formula is C23H31FN3O9P. The number of hydrogen-bond donors (Lipinski definition) is 3. The van der Waals surface area contributed by atoms with Crippen molar-refractivity contribution in [3.05, 3.63) is 42.6 Å². The molecule has 0 bridgehead atoms. The van der Waals surface area contributed by atoms with E-state index in [2.05, 4.69) is 10.4 Å². The van der Waals surface area contributed by atoms with Crippen molar-refractivity contribution in [1.82, 2.24) is 15.3 Å². The Morgan fingerprint density at radius 2 is 2.00 bits per heavy atom. The normalized spacial score (nSPS) is 33.2. The summed E-state index contributed by atoms with van der Waals surface area (Å²) in [7, 11) is -4.26. The number of carbonyl (C=O) groups is 2. The Morgan fingerprint density at radius 3 is 2.68 bits per heavy atom. The van der Waals surface area contributed by atoms with Crippen molar-refractivity contribution >= 4 is 19.6 Å². The fraction of sp³-hybridized carbons (Fsp3) is 0.565. The molecule has 1 aromatic carbocycles. The molecule has 2 saturated heterocycles. The van der Waals surface area contributed by atoms with Crippen LogP contribution in [-0.4, -0.2) is 77.2 Å². The number of amides is 1. The predicted octanol–water partition coefficient (Wildman–Crippen LogP) is 1.56. The number of hydrogen-bond acceptors (Lipinski definition) is 10. The van der Waals surface area contributed by atoms with Gasteiger partial charge in [-0.15, -0.1) is 0 Å².